The first kappa shape index (κ1) is 19.8. The highest BCUT2D eigenvalue weighted by Gasteiger charge is 2.20. The van der Waals surface area contributed by atoms with Gasteiger partial charge < -0.3 is 10.1 Å². The zero-order chi connectivity index (χ0) is 19.2. The van der Waals surface area contributed by atoms with Crippen molar-refractivity contribution in [1.29, 1.82) is 0 Å². The highest BCUT2D eigenvalue weighted by Crippen LogP contribution is 2.20. The zero-order valence-electron chi connectivity index (χ0n) is 15.0. The van der Waals surface area contributed by atoms with E-state index in [-0.39, 0.29) is 18.4 Å². The van der Waals surface area contributed by atoms with E-state index in [1.807, 2.05) is 0 Å². The summed E-state index contributed by atoms with van der Waals surface area (Å²) < 4.78 is 5.34. The van der Waals surface area contributed by atoms with Crippen LogP contribution in [0.1, 0.15) is 11.8 Å². The summed E-state index contributed by atoms with van der Waals surface area (Å²) in [4.78, 5) is 32.8. The molecule has 0 aliphatic carbocycles. The van der Waals surface area contributed by atoms with E-state index in [1.165, 1.54) is 18.3 Å². The van der Waals surface area contributed by atoms with Gasteiger partial charge in [0.15, 0.2) is 5.13 Å². The van der Waals surface area contributed by atoms with Crippen molar-refractivity contribution in [3.05, 3.63) is 40.4 Å². The van der Waals surface area contributed by atoms with Gasteiger partial charge in [0, 0.05) is 55.7 Å². The quantitative estimate of drug-likeness (QED) is 0.584. The summed E-state index contributed by atoms with van der Waals surface area (Å²) >= 11 is 7.31. The van der Waals surface area contributed by atoms with Crippen molar-refractivity contribution in [2.75, 3.05) is 38.0 Å². The van der Waals surface area contributed by atoms with Crippen molar-refractivity contribution in [2.45, 2.75) is 13.5 Å². The van der Waals surface area contributed by atoms with Gasteiger partial charge in [-0.05, 0) is 24.3 Å². The van der Waals surface area contributed by atoms with Crippen LogP contribution in [-0.4, -0.2) is 59.4 Å². The number of benzene rings is 1. The fraction of sp³-hybridized carbons (Fsp3) is 0.389. The second kappa shape index (κ2) is 9.27. The molecule has 0 unspecified atom stereocenters. The van der Waals surface area contributed by atoms with E-state index in [0.29, 0.717) is 15.9 Å². The number of esters is 1. The van der Waals surface area contributed by atoms with Crippen LogP contribution < -0.4 is 10.1 Å². The van der Waals surface area contributed by atoms with Gasteiger partial charge in [-0.2, -0.15) is 0 Å². The smallest absolute Gasteiger partial charge is 0.325 e. The molecular weight excluding hydrogens is 388 g/mol. The lowest BCUT2D eigenvalue weighted by Gasteiger charge is -2.33. The molecule has 1 aromatic carbocycles. The van der Waals surface area contributed by atoms with E-state index in [2.05, 4.69) is 20.1 Å². The van der Waals surface area contributed by atoms with Gasteiger partial charge in [0.2, 0.25) is 5.91 Å². The minimum Gasteiger partial charge on any atom is -0.426 e. The fourth-order valence-electron chi connectivity index (χ4n) is 2.76. The molecule has 0 saturated carbocycles. The summed E-state index contributed by atoms with van der Waals surface area (Å²) in [7, 11) is 0. The van der Waals surface area contributed by atoms with Gasteiger partial charge in [-0.1, -0.05) is 11.6 Å². The minimum atomic E-state index is -0.270. The zero-order valence-corrected chi connectivity index (χ0v) is 16.6. The van der Waals surface area contributed by atoms with Crippen LogP contribution in [0.25, 0.3) is 0 Å². The van der Waals surface area contributed by atoms with Crippen LogP contribution in [0.5, 0.6) is 5.75 Å². The normalized spacial score (nSPS) is 15.5. The van der Waals surface area contributed by atoms with E-state index in [1.54, 1.807) is 30.5 Å². The number of aromatic nitrogens is 1. The number of hydrogen-bond acceptors (Lipinski definition) is 7. The van der Waals surface area contributed by atoms with Crippen LogP contribution in [0, 0.1) is 0 Å². The van der Waals surface area contributed by atoms with Crippen LogP contribution in [0.4, 0.5) is 5.13 Å². The van der Waals surface area contributed by atoms with Crippen molar-refractivity contribution in [3.8, 4) is 5.75 Å². The lowest BCUT2D eigenvalue weighted by Crippen LogP contribution is -2.47. The Morgan fingerprint density at radius 1 is 1.19 bits per heavy atom. The molecule has 0 spiro atoms. The molecule has 1 saturated heterocycles. The van der Waals surface area contributed by atoms with Crippen LogP contribution in [0.3, 0.4) is 0 Å². The molecule has 1 aliphatic heterocycles. The average Bonchev–Trinajstić information content (AvgIpc) is 3.05. The summed E-state index contributed by atoms with van der Waals surface area (Å²) in [5, 5.41) is 3.93. The Hall–Kier alpha value is -2.00. The number of nitrogens with zero attached hydrogens (tertiary/aromatic N) is 3. The Labute approximate surface area is 166 Å². The van der Waals surface area contributed by atoms with Crippen LogP contribution in [0.2, 0.25) is 5.02 Å². The monoisotopic (exact) mass is 408 g/mol. The topological polar surface area (TPSA) is 74.8 Å². The van der Waals surface area contributed by atoms with Crippen LogP contribution >= 0.6 is 22.9 Å². The largest absolute Gasteiger partial charge is 0.426 e. The Bertz CT molecular complexity index is 788. The average molecular weight is 409 g/mol. The molecule has 1 N–H and O–H groups in total. The van der Waals surface area contributed by atoms with E-state index in [0.717, 1.165) is 37.6 Å². The first-order valence-corrected chi connectivity index (χ1v) is 9.80. The second-order valence-corrected chi connectivity index (χ2v) is 7.84. The van der Waals surface area contributed by atoms with Gasteiger partial charge in [0.25, 0.3) is 0 Å². The molecule has 3 rings (SSSR count). The molecule has 27 heavy (non-hydrogen) atoms. The molecule has 1 amide bonds. The number of carbonyl (C=O) groups is 2. The predicted octanol–water partition coefficient (Wildman–Crippen LogP) is 2.48. The third kappa shape index (κ3) is 6.28. The Morgan fingerprint density at radius 3 is 2.52 bits per heavy atom. The van der Waals surface area contributed by atoms with E-state index < -0.39 is 0 Å². The first-order valence-electron chi connectivity index (χ1n) is 8.61. The number of ether oxygens (including phenoxy) is 1. The Morgan fingerprint density at radius 2 is 1.85 bits per heavy atom. The van der Waals surface area contributed by atoms with Gasteiger partial charge >= 0.3 is 5.97 Å². The predicted molar refractivity (Wildman–Crippen MR) is 105 cm³/mol. The maximum Gasteiger partial charge on any atom is 0.325 e. The number of hydrogen-bond donors (Lipinski definition) is 1. The highest BCUT2D eigenvalue weighted by molar-refractivity contribution is 7.15. The Balaban J connectivity index is 1.40. The SMILES string of the molecule is CC(=O)Nc1ncc(CN2CCN(CC(=O)Oc3ccc(Cl)cc3)CC2)s1. The van der Waals surface area contributed by atoms with Gasteiger partial charge in [-0.25, -0.2) is 4.98 Å². The maximum absolute atomic E-state index is 12.1. The van der Waals surface area contributed by atoms with Crippen molar-refractivity contribution < 1.29 is 14.3 Å². The number of anilines is 1. The summed E-state index contributed by atoms with van der Waals surface area (Å²) in [5.41, 5.74) is 0. The number of thiazole rings is 1. The minimum absolute atomic E-state index is 0.116. The van der Waals surface area contributed by atoms with Crippen molar-refractivity contribution in [2.24, 2.45) is 0 Å². The van der Waals surface area contributed by atoms with E-state index in [9.17, 15) is 9.59 Å². The van der Waals surface area contributed by atoms with Gasteiger partial charge in [0.05, 0.1) is 6.54 Å². The number of carbonyl (C=O) groups excluding carboxylic acids is 2. The number of amides is 1. The van der Waals surface area contributed by atoms with Crippen molar-refractivity contribution in [3.63, 3.8) is 0 Å². The van der Waals surface area contributed by atoms with Crippen molar-refractivity contribution in [1.82, 2.24) is 14.8 Å². The van der Waals surface area contributed by atoms with Gasteiger partial charge in [-0.15, -0.1) is 11.3 Å². The third-order valence-electron chi connectivity index (χ3n) is 4.08. The first-order chi connectivity index (χ1) is 13.0. The molecule has 2 aromatic rings. The fourth-order valence-corrected chi connectivity index (χ4v) is 3.79. The van der Waals surface area contributed by atoms with Gasteiger partial charge in [0.1, 0.15) is 5.75 Å². The molecule has 9 heteroatoms. The summed E-state index contributed by atoms with van der Waals surface area (Å²) in [6.07, 6.45) is 1.80. The number of nitrogens with one attached hydrogen (secondary N) is 1. The molecule has 1 aromatic heterocycles. The van der Waals surface area contributed by atoms with E-state index >= 15 is 0 Å². The number of piperazine rings is 1. The van der Waals surface area contributed by atoms with Crippen LogP contribution in [-0.2, 0) is 16.1 Å². The lowest BCUT2D eigenvalue weighted by molar-refractivity contribution is -0.136. The summed E-state index contributed by atoms with van der Waals surface area (Å²) in [5.74, 6) is 0.117. The summed E-state index contributed by atoms with van der Waals surface area (Å²) in [6.45, 7) is 5.85. The standard InChI is InChI=1S/C18H21ClN4O3S/c1-13(24)21-18-20-10-16(27-18)11-22-6-8-23(9-7-22)12-17(25)26-15-4-2-14(19)3-5-15/h2-5,10H,6-9,11-12H2,1H3,(H,20,21,24). The molecular formula is C18H21ClN4O3S. The number of halogens is 1. The molecule has 0 atom stereocenters. The molecule has 144 valence electrons. The molecule has 0 bridgehead atoms. The molecule has 2 heterocycles. The van der Waals surface area contributed by atoms with E-state index in [4.69, 9.17) is 16.3 Å². The maximum atomic E-state index is 12.1. The van der Waals surface area contributed by atoms with Gasteiger partial charge in [-0.3, -0.25) is 19.4 Å². The molecule has 1 aliphatic rings. The highest BCUT2D eigenvalue weighted by atomic mass is 35.5. The number of rotatable bonds is 6. The molecule has 7 nitrogen and oxygen atoms in total. The summed E-state index contributed by atoms with van der Waals surface area (Å²) in [6, 6.07) is 6.75. The lowest BCUT2D eigenvalue weighted by atomic mass is 10.3. The molecule has 0 radical (unpaired) electrons. The van der Waals surface area contributed by atoms with Crippen molar-refractivity contribution >= 4 is 39.9 Å². The van der Waals surface area contributed by atoms with Crippen LogP contribution in [0.15, 0.2) is 30.5 Å². The third-order valence-corrected chi connectivity index (χ3v) is 5.23. The Kier molecular flexibility index (Phi) is 6.78. The molecule has 1 fully saturated rings. The second-order valence-electron chi connectivity index (χ2n) is 6.29.